The van der Waals surface area contributed by atoms with E-state index < -0.39 is 6.10 Å². The number of benzene rings is 1. The molecule has 4 heteroatoms. The van der Waals surface area contributed by atoms with Gasteiger partial charge in [0.2, 0.25) is 0 Å². The Labute approximate surface area is 121 Å². The second kappa shape index (κ2) is 7.58. The van der Waals surface area contributed by atoms with E-state index in [0.29, 0.717) is 18.8 Å². The fraction of sp³-hybridized carbons (Fsp3) is 0.438. The molecule has 1 unspecified atom stereocenters. The Kier molecular flexibility index (Phi) is 6.10. The third-order valence-corrected chi connectivity index (χ3v) is 2.87. The highest BCUT2D eigenvalue weighted by Crippen LogP contribution is 2.18. The zero-order chi connectivity index (χ0) is 15.1. The summed E-state index contributed by atoms with van der Waals surface area (Å²) in [6.45, 7) is 10.7. The number of carbonyl (C=O) groups is 1. The predicted octanol–water partition coefficient (Wildman–Crippen LogP) is 2.89. The highest BCUT2D eigenvalue weighted by molar-refractivity contribution is 5.81. The van der Waals surface area contributed by atoms with Crippen molar-refractivity contribution in [1.29, 1.82) is 0 Å². The van der Waals surface area contributed by atoms with Gasteiger partial charge in [-0.3, -0.25) is 4.79 Å². The van der Waals surface area contributed by atoms with E-state index >= 15 is 0 Å². The first-order valence-electron chi connectivity index (χ1n) is 6.71. The van der Waals surface area contributed by atoms with Crippen molar-refractivity contribution in [2.75, 3.05) is 20.2 Å². The predicted molar refractivity (Wildman–Crippen MR) is 80.2 cm³/mol. The molecule has 0 radical (unpaired) electrons. The molecule has 1 aromatic rings. The number of methoxy groups -OCH3 is 1. The molecule has 0 heterocycles. The molecule has 0 N–H and O–H groups in total. The molecule has 1 atom stereocenters. The van der Waals surface area contributed by atoms with E-state index in [-0.39, 0.29) is 5.91 Å². The summed E-state index contributed by atoms with van der Waals surface area (Å²) in [6, 6.07) is 7.19. The van der Waals surface area contributed by atoms with Crippen LogP contribution in [0.5, 0.6) is 11.5 Å². The van der Waals surface area contributed by atoms with E-state index in [2.05, 4.69) is 6.58 Å². The van der Waals surface area contributed by atoms with Gasteiger partial charge in [-0.25, -0.2) is 0 Å². The van der Waals surface area contributed by atoms with Crippen LogP contribution in [0.25, 0.3) is 0 Å². The standard InChI is InChI=1S/C16H23NO3/c1-6-17(11-12(2)3)16(18)13(4)20-15-9-7-14(19-5)8-10-15/h7-10,13H,2,6,11H2,1,3-5H3. The molecule has 4 nitrogen and oxygen atoms in total. The van der Waals surface area contributed by atoms with Crippen LogP contribution in [0.1, 0.15) is 20.8 Å². The highest BCUT2D eigenvalue weighted by atomic mass is 16.5. The second-order valence-electron chi connectivity index (χ2n) is 4.75. The quantitative estimate of drug-likeness (QED) is 0.719. The maximum atomic E-state index is 12.3. The van der Waals surface area contributed by atoms with Gasteiger partial charge in [-0.2, -0.15) is 0 Å². The summed E-state index contributed by atoms with van der Waals surface area (Å²) >= 11 is 0. The van der Waals surface area contributed by atoms with E-state index in [9.17, 15) is 4.79 Å². The number of hydrogen-bond donors (Lipinski definition) is 0. The molecule has 0 aromatic heterocycles. The first kappa shape index (κ1) is 16.1. The van der Waals surface area contributed by atoms with Crippen molar-refractivity contribution >= 4 is 5.91 Å². The van der Waals surface area contributed by atoms with Crippen LogP contribution in [0.15, 0.2) is 36.4 Å². The van der Waals surface area contributed by atoms with E-state index in [4.69, 9.17) is 9.47 Å². The van der Waals surface area contributed by atoms with Crippen LogP contribution in [-0.4, -0.2) is 37.1 Å². The van der Waals surface area contributed by atoms with Crippen molar-refractivity contribution in [1.82, 2.24) is 4.90 Å². The lowest BCUT2D eigenvalue weighted by Crippen LogP contribution is -2.41. The third kappa shape index (κ3) is 4.61. The van der Waals surface area contributed by atoms with Gasteiger partial charge < -0.3 is 14.4 Å². The molecule has 1 amide bonds. The normalized spacial score (nSPS) is 11.6. The molecule has 0 aliphatic rings. The smallest absolute Gasteiger partial charge is 0.263 e. The van der Waals surface area contributed by atoms with Crippen molar-refractivity contribution < 1.29 is 14.3 Å². The lowest BCUT2D eigenvalue weighted by atomic mass is 10.2. The zero-order valence-electron chi connectivity index (χ0n) is 12.7. The van der Waals surface area contributed by atoms with Crippen LogP contribution in [0.2, 0.25) is 0 Å². The fourth-order valence-corrected chi connectivity index (χ4v) is 1.84. The van der Waals surface area contributed by atoms with Gasteiger partial charge in [-0.05, 0) is 45.0 Å². The van der Waals surface area contributed by atoms with Crippen molar-refractivity contribution in [2.45, 2.75) is 26.9 Å². The van der Waals surface area contributed by atoms with E-state index in [1.54, 1.807) is 43.2 Å². The van der Waals surface area contributed by atoms with Crippen LogP contribution >= 0.6 is 0 Å². The summed E-state index contributed by atoms with van der Waals surface area (Å²) in [7, 11) is 1.61. The molecule has 0 saturated heterocycles. The Morgan fingerprint density at radius 1 is 1.30 bits per heavy atom. The number of likely N-dealkylation sites (N-methyl/N-ethyl adjacent to an activating group) is 1. The molecule has 1 aromatic carbocycles. The third-order valence-electron chi connectivity index (χ3n) is 2.87. The molecule has 1 rings (SSSR count). The zero-order valence-corrected chi connectivity index (χ0v) is 12.7. The molecular weight excluding hydrogens is 254 g/mol. The molecule has 0 spiro atoms. The summed E-state index contributed by atoms with van der Waals surface area (Å²) in [4.78, 5) is 14.0. The van der Waals surface area contributed by atoms with Crippen molar-refractivity contribution in [3.05, 3.63) is 36.4 Å². The number of nitrogens with zero attached hydrogens (tertiary/aromatic N) is 1. The number of ether oxygens (including phenoxy) is 2. The van der Waals surface area contributed by atoms with Gasteiger partial charge in [-0.15, -0.1) is 0 Å². The highest BCUT2D eigenvalue weighted by Gasteiger charge is 2.20. The minimum Gasteiger partial charge on any atom is -0.497 e. The van der Waals surface area contributed by atoms with Gasteiger partial charge in [0.05, 0.1) is 7.11 Å². The number of carbonyl (C=O) groups excluding carboxylic acids is 1. The number of amides is 1. The first-order chi connectivity index (χ1) is 9.47. The van der Waals surface area contributed by atoms with Crippen molar-refractivity contribution in [3.8, 4) is 11.5 Å². The van der Waals surface area contributed by atoms with Gasteiger partial charge in [0.1, 0.15) is 11.5 Å². The van der Waals surface area contributed by atoms with Crippen molar-refractivity contribution in [3.63, 3.8) is 0 Å². The lowest BCUT2D eigenvalue weighted by Gasteiger charge is -2.25. The maximum absolute atomic E-state index is 12.3. The molecule has 0 saturated carbocycles. The molecular formula is C16H23NO3. The minimum atomic E-state index is -0.525. The summed E-state index contributed by atoms with van der Waals surface area (Å²) in [5, 5.41) is 0. The van der Waals surface area contributed by atoms with Gasteiger partial charge in [-0.1, -0.05) is 12.2 Å². The molecule has 0 aliphatic carbocycles. The van der Waals surface area contributed by atoms with Crippen LogP contribution in [0.3, 0.4) is 0 Å². The molecule has 0 aliphatic heterocycles. The van der Waals surface area contributed by atoms with E-state index in [1.165, 1.54) is 0 Å². The van der Waals surface area contributed by atoms with Crippen LogP contribution < -0.4 is 9.47 Å². The average Bonchev–Trinajstić information content (AvgIpc) is 2.44. The first-order valence-corrected chi connectivity index (χ1v) is 6.71. The number of rotatable bonds is 7. The van der Waals surface area contributed by atoms with Crippen LogP contribution in [0, 0.1) is 0 Å². The molecule has 110 valence electrons. The summed E-state index contributed by atoms with van der Waals surface area (Å²) in [5.74, 6) is 1.37. The number of hydrogen-bond acceptors (Lipinski definition) is 3. The van der Waals surface area contributed by atoms with Crippen LogP contribution in [0.4, 0.5) is 0 Å². The largest absolute Gasteiger partial charge is 0.497 e. The van der Waals surface area contributed by atoms with Gasteiger partial charge >= 0.3 is 0 Å². The van der Waals surface area contributed by atoms with Crippen LogP contribution in [-0.2, 0) is 4.79 Å². The SMILES string of the molecule is C=C(C)CN(CC)C(=O)C(C)Oc1ccc(OC)cc1. The summed E-state index contributed by atoms with van der Waals surface area (Å²) in [6.07, 6.45) is -0.525. The second-order valence-corrected chi connectivity index (χ2v) is 4.75. The Bertz CT molecular complexity index is 453. The van der Waals surface area contributed by atoms with E-state index in [1.807, 2.05) is 13.8 Å². The Morgan fingerprint density at radius 2 is 1.85 bits per heavy atom. The van der Waals surface area contributed by atoms with Gasteiger partial charge in [0.25, 0.3) is 5.91 Å². The lowest BCUT2D eigenvalue weighted by molar-refractivity contribution is -0.137. The van der Waals surface area contributed by atoms with Crippen molar-refractivity contribution in [2.24, 2.45) is 0 Å². The Balaban J connectivity index is 2.65. The van der Waals surface area contributed by atoms with Gasteiger partial charge in [0.15, 0.2) is 6.10 Å². The summed E-state index contributed by atoms with van der Waals surface area (Å²) in [5.41, 5.74) is 0.955. The monoisotopic (exact) mass is 277 g/mol. The Hall–Kier alpha value is -1.97. The molecule has 0 fully saturated rings. The fourth-order valence-electron chi connectivity index (χ4n) is 1.84. The van der Waals surface area contributed by atoms with E-state index in [0.717, 1.165) is 11.3 Å². The topological polar surface area (TPSA) is 38.8 Å². The molecule has 20 heavy (non-hydrogen) atoms. The average molecular weight is 277 g/mol. The summed E-state index contributed by atoms with van der Waals surface area (Å²) < 4.78 is 10.7. The maximum Gasteiger partial charge on any atom is 0.263 e. The minimum absolute atomic E-state index is 0.0358. The van der Waals surface area contributed by atoms with Gasteiger partial charge in [0, 0.05) is 13.1 Å². The Morgan fingerprint density at radius 3 is 2.30 bits per heavy atom. The molecule has 0 bridgehead atoms.